The van der Waals surface area contributed by atoms with Crippen LogP contribution in [0, 0.1) is 0 Å². The summed E-state index contributed by atoms with van der Waals surface area (Å²) in [5.74, 6) is 0.352. The molecule has 0 amide bonds. The molecule has 0 saturated carbocycles. The molecule has 2 heterocycles. The van der Waals surface area contributed by atoms with Crippen LogP contribution in [0.2, 0.25) is 5.28 Å². The van der Waals surface area contributed by atoms with Crippen LogP contribution in [-0.2, 0) is 0 Å². The molecule has 1 aromatic carbocycles. The second-order valence-corrected chi connectivity index (χ2v) is 5.44. The molecule has 0 radical (unpaired) electrons. The maximum absolute atomic E-state index is 5.88. The highest BCUT2D eigenvalue weighted by Crippen LogP contribution is 2.24. The van der Waals surface area contributed by atoms with Gasteiger partial charge in [0.05, 0.1) is 22.3 Å². The lowest BCUT2D eigenvalue weighted by Crippen LogP contribution is -2.04. The first-order chi connectivity index (χ1) is 10.2. The fourth-order valence-corrected chi connectivity index (χ4v) is 2.58. The monoisotopic (exact) mass is 321 g/mol. The van der Waals surface area contributed by atoms with Gasteiger partial charge in [0.25, 0.3) is 0 Å². The Morgan fingerprint density at radius 1 is 1.29 bits per heavy atom. The van der Waals surface area contributed by atoms with Gasteiger partial charge in [-0.2, -0.15) is 15.0 Å². The summed E-state index contributed by atoms with van der Waals surface area (Å²) in [5, 5.41) is 3.19. The van der Waals surface area contributed by atoms with Gasteiger partial charge in [0.15, 0.2) is 0 Å². The van der Waals surface area contributed by atoms with Gasteiger partial charge in [-0.05, 0) is 36.2 Å². The SMILES string of the molecule is CCCOc1nc(Cl)nc(Nc2ccc3ncsc3c2)n1. The highest BCUT2D eigenvalue weighted by Gasteiger charge is 2.07. The number of aromatic nitrogens is 4. The molecule has 0 spiro atoms. The second-order valence-electron chi connectivity index (χ2n) is 4.22. The van der Waals surface area contributed by atoms with Crippen LogP contribution in [0.1, 0.15) is 13.3 Å². The smallest absolute Gasteiger partial charge is 0.322 e. The van der Waals surface area contributed by atoms with Crippen LogP contribution < -0.4 is 10.1 Å². The van der Waals surface area contributed by atoms with Crippen molar-refractivity contribution in [2.75, 3.05) is 11.9 Å². The molecule has 6 nitrogen and oxygen atoms in total. The maximum Gasteiger partial charge on any atom is 0.322 e. The fraction of sp³-hybridized carbons (Fsp3) is 0.231. The van der Waals surface area contributed by atoms with E-state index in [0.29, 0.717) is 12.6 Å². The summed E-state index contributed by atoms with van der Waals surface area (Å²) in [5.41, 5.74) is 3.63. The molecule has 0 atom stereocenters. The normalized spacial score (nSPS) is 10.8. The number of hydrogen-bond acceptors (Lipinski definition) is 7. The van der Waals surface area contributed by atoms with Crippen LogP contribution in [0.5, 0.6) is 6.01 Å². The van der Waals surface area contributed by atoms with Crippen molar-refractivity contribution in [2.45, 2.75) is 13.3 Å². The summed E-state index contributed by atoms with van der Waals surface area (Å²) in [6.07, 6.45) is 0.869. The Labute approximate surface area is 130 Å². The maximum atomic E-state index is 5.88. The molecule has 8 heteroatoms. The van der Waals surface area contributed by atoms with Crippen molar-refractivity contribution in [3.8, 4) is 6.01 Å². The number of nitrogens with zero attached hydrogens (tertiary/aromatic N) is 4. The number of halogens is 1. The van der Waals surface area contributed by atoms with Gasteiger partial charge < -0.3 is 10.1 Å². The van der Waals surface area contributed by atoms with Crippen molar-refractivity contribution in [2.24, 2.45) is 0 Å². The largest absolute Gasteiger partial charge is 0.463 e. The number of anilines is 2. The summed E-state index contributed by atoms with van der Waals surface area (Å²) in [6.45, 7) is 2.54. The van der Waals surface area contributed by atoms with Crippen molar-refractivity contribution in [3.63, 3.8) is 0 Å². The first-order valence-corrected chi connectivity index (χ1v) is 7.65. The third kappa shape index (κ3) is 3.37. The minimum absolute atomic E-state index is 0.0949. The van der Waals surface area contributed by atoms with Crippen molar-refractivity contribution in [1.29, 1.82) is 0 Å². The molecule has 108 valence electrons. The van der Waals surface area contributed by atoms with Crippen molar-refractivity contribution >= 4 is 44.8 Å². The zero-order chi connectivity index (χ0) is 14.7. The molecule has 2 aromatic heterocycles. The van der Waals surface area contributed by atoms with Crippen molar-refractivity contribution in [3.05, 3.63) is 29.0 Å². The van der Waals surface area contributed by atoms with Crippen LogP contribution in [0.3, 0.4) is 0 Å². The Kier molecular flexibility index (Phi) is 4.12. The lowest BCUT2D eigenvalue weighted by Gasteiger charge is -2.07. The van der Waals surface area contributed by atoms with E-state index in [0.717, 1.165) is 22.3 Å². The molecule has 0 saturated heterocycles. The lowest BCUT2D eigenvalue weighted by atomic mass is 10.3. The average Bonchev–Trinajstić information content (AvgIpc) is 2.92. The Morgan fingerprint density at radius 3 is 3.05 bits per heavy atom. The van der Waals surface area contributed by atoms with Gasteiger partial charge in [0, 0.05) is 5.69 Å². The standard InChI is InChI=1S/C13H12ClN5OS/c1-2-5-20-13-18-11(14)17-12(19-13)16-8-3-4-9-10(6-8)21-7-15-9/h3-4,6-7H,2,5H2,1H3,(H,16,17,18,19). The Bertz CT molecular complexity index is 763. The lowest BCUT2D eigenvalue weighted by molar-refractivity contribution is 0.292. The van der Waals surface area contributed by atoms with Crippen LogP contribution in [0.15, 0.2) is 23.7 Å². The number of thiazole rings is 1. The summed E-state index contributed by atoms with van der Waals surface area (Å²) in [4.78, 5) is 16.4. The Morgan fingerprint density at radius 2 is 2.19 bits per heavy atom. The molecular formula is C13H12ClN5OS. The zero-order valence-electron chi connectivity index (χ0n) is 11.2. The topological polar surface area (TPSA) is 72.8 Å². The number of fused-ring (bicyclic) bond motifs is 1. The first-order valence-electron chi connectivity index (χ1n) is 6.39. The van der Waals surface area contributed by atoms with Gasteiger partial charge in [-0.3, -0.25) is 0 Å². The molecule has 0 aliphatic rings. The number of hydrogen-bond donors (Lipinski definition) is 1. The third-order valence-corrected chi connectivity index (χ3v) is 3.57. The third-order valence-electron chi connectivity index (χ3n) is 2.61. The molecule has 1 N–H and O–H groups in total. The molecular weight excluding hydrogens is 310 g/mol. The molecule has 0 bridgehead atoms. The van der Waals surface area contributed by atoms with E-state index in [1.807, 2.05) is 30.6 Å². The number of ether oxygens (including phenoxy) is 1. The fourth-order valence-electron chi connectivity index (χ4n) is 1.71. The second kappa shape index (κ2) is 6.19. The van der Waals surface area contributed by atoms with E-state index in [9.17, 15) is 0 Å². The van der Waals surface area contributed by atoms with Gasteiger partial charge in [-0.15, -0.1) is 11.3 Å². The quantitative estimate of drug-likeness (QED) is 0.773. The first kappa shape index (κ1) is 14.0. The van der Waals surface area contributed by atoms with Gasteiger partial charge >= 0.3 is 6.01 Å². The predicted octanol–water partition coefficient (Wildman–Crippen LogP) is 3.67. The van der Waals surface area contributed by atoms with E-state index in [1.54, 1.807) is 11.3 Å². The van der Waals surface area contributed by atoms with Gasteiger partial charge in [0.1, 0.15) is 0 Å². The van der Waals surface area contributed by atoms with Crippen LogP contribution in [0.4, 0.5) is 11.6 Å². The molecule has 3 rings (SSSR count). The van der Waals surface area contributed by atoms with Gasteiger partial charge in [0.2, 0.25) is 11.2 Å². The van der Waals surface area contributed by atoms with Gasteiger partial charge in [-0.1, -0.05) is 6.92 Å². The molecule has 0 aliphatic carbocycles. The Hall–Kier alpha value is -1.99. The summed E-state index contributed by atoms with van der Waals surface area (Å²) >= 11 is 7.46. The minimum atomic E-state index is 0.0949. The van der Waals surface area contributed by atoms with Crippen LogP contribution >= 0.6 is 22.9 Å². The minimum Gasteiger partial charge on any atom is -0.463 e. The van der Waals surface area contributed by atoms with E-state index in [2.05, 4.69) is 25.3 Å². The van der Waals surface area contributed by atoms with Crippen LogP contribution in [0.25, 0.3) is 10.2 Å². The Balaban J connectivity index is 1.84. The van der Waals surface area contributed by atoms with Crippen LogP contribution in [-0.4, -0.2) is 26.5 Å². The van der Waals surface area contributed by atoms with E-state index >= 15 is 0 Å². The summed E-state index contributed by atoms with van der Waals surface area (Å²) < 4.78 is 6.46. The summed E-state index contributed by atoms with van der Waals surface area (Å²) in [7, 11) is 0. The van der Waals surface area contributed by atoms with E-state index in [-0.39, 0.29) is 11.3 Å². The molecule has 0 unspecified atom stereocenters. The predicted molar refractivity (Wildman–Crippen MR) is 83.5 cm³/mol. The number of benzene rings is 1. The highest BCUT2D eigenvalue weighted by atomic mass is 35.5. The van der Waals surface area contributed by atoms with Crippen molar-refractivity contribution < 1.29 is 4.74 Å². The molecule has 21 heavy (non-hydrogen) atoms. The van der Waals surface area contributed by atoms with E-state index in [1.165, 1.54) is 0 Å². The summed E-state index contributed by atoms with van der Waals surface area (Å²) in [6, 6.07) is 6.05. The number of rotatable bonds is 5. The molecule has 0 aliphatic heterocycles. The van der Waals surface area contributed by atoms with E-state index < -0.39 is 0 Å². The van der Waals surface area contributed by atoms with Crippen molar-refractivity contribution in [1.82, 2.24) is 19.9 Å². The highest BCUT2D eigenvalue weighted by molar-refractivity contribution is 7.16. The van der Waals surface area contributed by atoms with Gasteiger partial charge in [-0.25, -0.2) is 4.98 Å². The molecule has 3 aromatic rings. The molecule has 0 fully saturated rings. The zero-order valence-corrected chi connectivity index (χ0v) is 12.8. The number of nitrogens with one attached hydrogen (secondary N) is 1. The average molecular weight is 322 g/mol. The van der Waals surface area contributed by atoms with E-state index in [4.69, 9.17) is 16.3 Å².